The van der Waals surface area contributed by atoms with Gasteiger partial charge < -0.3 is 4.90 Å². The Morgan fingerprint density at radius 1 is 1.40 bits per heavy atom. The first-order valence-electron chi connectivity index (χ1n) is 5.50. The van der Waals surface area contributed by atoms with Crippen molar-refractivity contribution in [2.24, 2.45) is 0 Å². The standard InChI is InChI=1S/C10H19NO3S/c1-3-6-11(10(12)4-2)9-5-7-15(13,14)8-9/h9H,3-8H2,1-2H3. The summed E-state index contributed by atoms with van der Waals surface area (Å²) in [5.41, 5.74) is 0. The number of amides is 1. The minimum Gasteiger partial charge on any atom is -0.339 e. The fourth-order valence-electron chi connectivity index (χ4n) is 1.98. The molecule has 4 nitrogen and oxygen atoms in total. The molecule has 1 aliphatic rings. The molecule has 5 heteroatoms. The Balaban J connectivity index is 2.69. The van der Waals surface area contributed by atoms with Crippen LogP contribution in [-0.2, 0) is 14.6 Å². The Morgan fingerprint density at radius 3 is 2.47 bits per heavy atom. The average Bonchev–Trinajstić information content (AvgIpc) is 2.54. The van der Waals surface area contributed by atoms with Gasteiger partial charge in [0.2, 0.25) is 5.91 Å². The number of carbonyl (C=O) groups is 1. The summed E-state index contributed by atoms with van der Waals surface area (Å²) in [4.78, 5) is 13.4. The van der Waals surface area contributed by atoms with Gasteiger partial charge >= 0.3 is 0 Å². The molecule has 0 saturated carbocycles. The van der Waals surface area contributed by atoms with Crippen molar-refractivity contribution in [3.05, 3.63) is 0 Å². The fourth-order valence-corrected chi connectivity index (χ4v) is 3.71. The molecule has 0 radical (unpaired) electrons. The molecule has 1 heterocycles. The summed E-state index contributed by atoms with van der Waals surface area (Å²) in [7, 11) is -2.89. The summed E-state index contributed by atoms with van der Waals surface area (Å²) in [6.07, 6.45) is 1.94. The maximum absolute atomic E-state index is 11.6. The van der Waals surface area contributed by atoms with Gasteiger partial charge in [-0.3, -0.25) is 4.79 Å². The highest BCUT2D eigenvalue weighted by molar-refractivity contribution is 7.91. The van der Waals surface area contributed by atoms with E-state index in [1.807, 2.05) is 13.8 Å². The molecule has 1 saturated heterocycles. The Hall–Kier alpha value is -0.580. The van der Waals surface area contributed by atoms with Crippen molar-refractivity contribution < 1.29 is 13.2 Å². The van der Waals surface area contributed by atoms with Crippen LogP contribution in [0.2, 0.25) is 0 Å². The molecule has 15 heavy (non-hydrogen) atoms. The van der Waals surface area contributed by atoms with Crippen molar-refractivity contribution >= 4 is 15.7 Å². The molecule has 0 aromatic rings. The molecular formula is C10H19NO3S. The summed E-state index contributed by atoms with van der Waals surface area (Å²) in [6, 6.07) is -0.0811. The Kier molecular flexibility index (Phi) is 4.13. The predicted molar refractivity (Wildman–Crippen MR) is 59.4 cm³/mol. The second-order valence-corrected chi connectivity index (χ2v) is 6.23. The van der Waals surface area contributed by atoms with E-state index in [2.05, 4.69) is 0 Å². The average molecular weight is 233 g/mol. The zero-order valence-electron chi connectivity index (χ0n) is 9.40. The van der Waals surface area contributed by atoms with Gasteiger partial charge in [-0.1, -0.05) is 13.8 Å². The van der Waals surface area contributed by atoms with Gasteiger partial charge in [-0.2, -0.15) is 0 Å². The molecule has 0 bridgehead atoms. The normalized spacial score (nSPS) is 24.0. The monoisotopic (exact) mass is 233 g/mol. The summed E-state index contributed by atoms with van der Waals surface area (Å²) >= 11 is 0. The third-order valence-electron chi connectivity index (χ3n) is 2.74. The van der Waals surface area contributed by atoms with Crippen molar-refractivity contribution in [2.75, 3.05) is 18.1 Å². The number of hydrogen-bond donors (Lipinski definition) is 0. The molecule has 0 N–H and O–H groups in total. The zero-order chi connectivity index (χ0) is 11.5. The highest BCUT2D eigenvalue weighted by Gasteiger charge is 2.33. The molecular weight excluding hydrogens is 214 g/mol. The van der Waals surface area contributed by atoms with Crippen LogP contribution in [-0.4, -0.2) is 43.3 Å². The molecule has 1 rings (SSSR count). The summed E-state index contributed by atoms with van der Waals surface area (Å²) in [6.45, 7) is 4.49. The number of nitrogens with zero attached hydrogens (tertiary/aromatic N) is 1. The first-order chi connectivity index (χ1) is 7.00. The smallest absolute Gasteiger partial charge is 0.222 e. The molecule has 1 amide bonds. The van der Waals surface area contributed by atoms with Crippen molar-refractivity contribution in [3.63, 3.8) is 0 Å². The summed E-state index contributed by atoms with van der Waals surface area (Å²) in [5.74, 6) is 0.451. The molecule has 0 aromatic heterocycles. The van der Waals surface area contributed by atoms with Gasteiger partial charge in [0.1, 0.15) is 0 Å². The van der Waals surface area contributed by atoms with E-state index in [-0.39, 0.29) is 23.5 Å². The third-order valence-corrected chi connectivity index (χ3v) is 4.49. The van der Waals surface area contributed by atoms with E-state index < -0.39 is 9.84 Å². The van der Waals surface area contributed by atoms with Crippen LogP contribution in [0.25, 0.3) is 0 Å². The lowest BCUT2D eigenvalue weighted by atomic mass is 10.2. The molecule has 88 valence electrons. The van der Waals surface area contributed by atoms with Crippen molar-refractivity contribution in [1.82, 2.24) is 4.90 Å². The predicted octanol–water partition coefficient (Wildman–Crippen LogP) is 0.822. The number of hydrogen-bond acceptors (Lipinski definition) is 3. The van der Waals surface area contributed by atoms with Crippen LogP contribution in [0, 0.1) is 0 Å². The first kappa shape index (κ1) is 12.5. The van der Waals surface area contributed by atoms with Gasteiger partial charge in [0.15, 0.2) is 9.84 Å². The highest BCUT2D eigenvalue weighted by Crippen LogP contribution is 2.18. The van der Waals surface area contributed by atoms with Crippen LogP contribution >= 0.6 is 0 Å². The van der Waals surface area contributed by atoms with Gasteiger partial charge in [-0.05, 0) is 12.8 Å². The quantitative estimate of drug-likeness (QED) is 0.722. The number of rotatable bonds is 4. The fraction of sp³-hybridized carbons (Fsp3) is 0.900. The summed E-state index contributed by atoms with van der Waals surface area (Å²) < 4.78 is 22.6. The Morgan fingerprint density at radius 2 is 2.07 bits per heavy atom. The second-order valence-electron chi connectivity index (χ2n) is 4.00. The van der Waals surface area contributed by atoms with Crippen LogP contribution in [0.1, 0.15) is 33.1 Å². The first-order valence-corrected chi connectivity index (χ1v) is 7.32. The van der Waals surface area contributed by atoms with Crippen LogP contribution in [0.3, 0.4) is 0 Å². The Labute approximate surface area is 91.6 Å². The van der Waals surface area contributed by atoms with E-state index in [0.717, 1.165) is 6.42 Å². The van der Waals surface area contributed by atoms with Gasteiger partial charge in [-0.25, -0.2) is 8.42 Å². The lowest BCUT2D eigenvalue weighted by Gasteiger charge is -2.27. The molecule has 1 aliphatic heterocycles. The maximum Gasteiger partial charge on any atom is 0.222 e. The minimum absolute atomic E-state index is 0.0685. The molecule has 0 aliphatic carbocycles. The van der Waals surface area contributed by atoms with Gasteiger partial charge in [0.25, 0.3) is 0 Å². The van der Waals surface area contributed by atoms with E-state index in [4.69, 9.17) is 0 Å². The number of sulfone groups is 1. The topological polar surface area (TPSA) is 54.5 Å². The third kappa shape index (κ3) is 3.19. The van der Waals surface area contributed by atoms with E-state index in [1.165, 1.54) is 0 Å². The van der Waals surface area contributed by atoms with Gasteiger partial charge in [0, 0.05) is 19.0 Å². The molecule has 1 fully saturated rings. The van der Waals surface area contributed by atoms with Crippen LogP contribution in [0.4, 0.5) is 0 Å². The van der Waals surface area contributed by atoms with Crippen LogP contribution in [0.5, 0.6) is 0 Å². The largest absolute Gasteiger partial charge is 0.339 e. The SMILES string of the molecule is CCCN(C(=O)CC)C1CCS(=O)(=O)C1. The van der Waals surface area contributed by atoms with E-state index in [9.17, 15) is 13.2 Å². The maximum atomic E-state index is 11.6. The van der Waals surface area contributed by atoms with Crippen molar-refractivity contribution in [1.29, 1.82) is 0 Å². The van der Waals surface area contributed by atoms with E-state index in [1.54, 1.807) is 4.90 Å². The number of carbonyl (C=O) groups excluding carboxylic acids is 1. The lowest BCUT2D eigenvalue weighted by molar-refractivity contribution is -0.132. The van der Waals surface area contributed by atoms with Gasteiger partial charge in [0.05, 0.1) is 11.5 Å². The molecule has 1 unspecified atom stereocenters. The molecule has 0 aromatic carbocycles. The van der Waals surface area contributed by atoms with E-state index >= 15 is 0 Å². The zero-order valence-corrected chi connectivity index (χ0v) is 10.2. The summed E-state index contributed by atoms with van der Waals surface area (Å²) in [5, 5.41) is 0. The van der Waals surface area contributed by atoms with E-state index in [0.29, 0.717) is 19.4 Å². The Bertz CT molecular complexity index is 324. The second kappa shape index (κ2) is 4.96. The van der Waals surface area contributed by atoms with Crippen molar-refractivity contribution in [2.45, 2.75) is 39.2 Å². The lowest BCUT2D eigenvalue weighted by Crippen LogP contribution is -2.41. The van der Waals surface area contributed by atoms with Gasteiger partial charge in [-0.15, -0.1) is 0 Å². The molecule has 0 spiro atoms. The highest BCUT2D eigenvalue weighted by atomic mass is 32.2. The van der Waals surface area contributed by atoms with Crippen LogP contribution in [0.15, 0.2) is 0 Å². The van der Waals surface area contributed by atoms with Crippen molar-refractivity contribution in [3.8, 4) is 0 Å². The molecule has 1 atom stereocenters. The minimum atomic E-state index is -2.89. The van der Waals surface area contributed by atoms with Crippen LogP contribution < -0.4 is 0 Å².